The van der Waals surface area contributed by atoms with Crippen molar-refractivity contribution in [3.63, 3.8) is 0 Å². The molecule has 2 rings (SSSR count). The van der Waals surface area contributed by atoms with Gasteiger partial charge in [-0.3, -0.25) is 10.00 Å². The number of urea groups is 1. The number of aromatic nitrogens is 2. The largest absolute Gasteiger partial charge is 0.337 e. The lowest BCUT2D eigenvalue weighted by Gasteiger charge is -2.45. The predicted molar refractivity (Wildman–Crippen MR) is 87.9 cm³/mol. The molecule has 0 radical (unpaired) electrons. The lowest BCUT2D eigenvalue weighted by Crippen LogP contribution is -2.45. The van der Waals surface area contributed by atoms with Crippen LogP contribution in [0.3, 0.4) is 0 Å². The number of nitrogens with one attached hydrogen (secondary N) is 2. The van der Waals surface area contributed by atoms with Gasteiger partial charge in [0.15, 0.2) is 0 Å². The molecule has 0 saturated heterocycles. The van der Waals surface area contributed by atoms with Gasteiger partial charge in [0.25, 0.3) is 0 Å². The van der Waals surface area contributed by atoms with Crippen molar-refractivity contribution in [1.82, 2.24) is 15.1 Å². The summed E-state index contributed by atoms with van der Waals surface area (Å²) < 4.78 is 1.60. The normalized spacial score (nSPS) is 26.2. The molecule has 0 aliphatic heterocycles. The van der Waals surface area contributed by atoms with Crippen LogP contribution in [0, 0.1) is 10.8 Å². The highest BCUT2D eigenvalue weighted by Gasteiger charge is 2.41. The SMILES string of the molecule is Cn1nccc1NC(=O)NCC1(C)CC(N=C=O)CC(C)(C)C1. The van der Waals surface area contributed by atoms with E-state index in [1.807, 2.05) is 0 Å². The molecule has 0 bridgehead atoms. The highest BCUT2D eigenvalue weighted by Crippen LogP contribution is 2.46. The fourth-order valence-corrected chi connectivity index (χ4v) is 3.83. The van der Waals surface area contributed by atoms with E-state index in [0.29, 0.717) is 12.4 Å². The smallest absolute Gasteiger partial charge is 0.320 e. The summed E-state index contributed by atoms with van der Waals surface area (Å²) in [6, 6.07) is 1.46. The van der Waals surface area contributed by atoms with Crippen molar-refractivity contribution in [3.05, 3.63) is 12.3 Å². The lowest BCUT2D eigenvalue weighted by molar-refractivity contribution is 0.0855. The number of hydrogen-bond acceptors (Lipinski definition) is 4. The number of hydrogen-bond donors (Lipinski definition) is 2. The van der Waals surface area contributed by atoms with Gasteiger partial charge in [0.1, 0.15) is 5.82 Å². The Morgan fingerprint density at radius 3 is 2.83 bits per heavy atom. The number of carbonyl (C=O) groups excluding carboxylic acids is 2. The molecule has 1 saturated carbocycles. The Balaban J connectivity index is 1.96. The molecular formula is C16H25N5O2. The van der Waals surface area contributed by atoms with Crippen LogP contribution in [0.5, 0.6) is 0 Å². The van der Waals surface area contributed by atoms with Gasteiger partial charge in [0.05, 0.1) is 12.2 Å². The maximum absolute atomic E-state index is 12.1. The minimum atomic E-state index is -0.256. The van der Waals surface area contributed by atoms with Gasteiger partial charge in [-0.1, -0.05) is 20.8 Å². The molecule has 1 aliphatic rings. The Morgan fingerprint density at radius 1 is 1.48 bits per heavy atom. The third-order valence-electron chi connectivity index (χ3n) is 4.40. The van der Waals surface area contributed by atoms with Crippen molar-refractivity contribution in [1.29, 1.82) is 0 Å². The van der Waals surface area contributed by atoms with Gasteiger partial charge in [0.2, 0.25) is 6.08 Å². The number of nitrogens with zero attached hydrogens (tertiary/aromatic N) is 3. The van der Waals surface area contributed by atoms with Gasteiger partial charge >= 0.3 is 6.03 Å². The molecule has 2 unspecified atom stereocenters. The Hall–Kier alpha value is -2.14. The van der Waals surface area contributed by atoms with E-state index in [1.165, 1.54) is 0 Å². The van der Waals surface area contributed by atoms with E-state index in [-0.39, 0.29) is 22.9 Å². The minimum Gasteiger partial charge on any atom is -0.337 e. The van der Waals surface area contributed by atoms with E-state index in [1.54, 1.807) is 30.1 Å². The van der Waals surface area contributed by atoms with Crippen LogP contribution in [0.4, 0.5) is 10.6 Å². The monoisotopic (exact) mass is 319 g/mol. The second-order valence-corrected chi connectivity index (χ2v) is 7.58. The molecule has 7 nitrogen and oxygen atoms in total. The molecular weight excluding hydrogens is 294 g/mol. The summed E-state index contributed by atoms with van der Waals surface area (Å²) in [4.78, 5) is 26.6. The third kappa shape index (κ3) is 4.66. The Bertz CT molecular complexity index is 618. The number of anilines is 1. The summed E-state index contributed by atoms with van der Waals surface area (Å²) >= 11 is 0. The zero-order chi connectivity index (χ0) is 17.1. The van der Waals surface area contributed by atoms with E-state index in [2.05, 4.69) is 41.5 Å². The van der Waals surface area contributed by atoms with E-state index < -0.39 is 0 Å². The van der Waals surface area contributed by atoms with Crippen LogP contribution in [0.2, 0.25) is 0 Å². The molecule has 1 aromatic heterocycles. The quantitative estimate of drug-likeness (QED) is 0.660. The van der Waals surface area contributed by atoms with Gasteiger partial charge in [-0.05, 0) is 30.1 Å². The summed E-state index contributed by atoms with van der Waals surface area (Å²) in [7, 11) is 1.77. The lowest BCUT2D eigenvalue weighted by atomic mass is 9.63. The van der Waals surface area contributed by atoms with Crippen LogP contribution < -0.4 is 10.6 Å². The molecule has 0 spiro atoms. The van der Waals surface area contributed by atoms with Gasteiger partial charge < -0.3 is 5.32 Å². The molecule has 1 fully saturated rings. The topological polar surface area (TPSA) is 88.4 Å². The van der Waals surface area contributed by atoms with Crippen molar-refractivity contribution < 1.29 is 9.59 Å². The van der Waals surface area contributed by atoms with Crippen molar-refractivity contribution in [2.45, 2.75) is 46.1 Å². The second kappa shape index (κ2) is 6.54. The van der Waals surface area contributed by atoms with Crippen molar-refractivity contribution in [2.24, 2.45) is 22.9 Å². The fourth-order valence-electron chi connectivity index (χ4n) is 3.83. The van der Waals surface area contributed by atoms with Gasteiger partial charge in [0, 0.05) is 19.7 Å². The zero-order valence-corrected chi connectivity index (χ0v) is 14.2. The number of carbonyl (C=O) groups is 1. The van der Waals surface area contributed by atoms with E-state index in [4.69, 9.17) is 0 Å². The first-order valence-corrected chi connectivity index (χ1v) is 7.83. The van der Waals surface area contributed by atoms with Crippen molar-refractivity contribution >= 4 is 17.9 Å². The van der Waals surface area contributed by atoms with Gasteiger partial charge in [-0.2, -0.15) is 5.10 Å². The average molecular weight is 319 g/mol. The molecule has 126 valence electrons. The van der Waals surface area contributed by atoms with Crippen LogP contribution in [0.1, 0.15) is 40.0 Å². The standard InChI is InChI=1S/C16H25N5O2/c1-15(2)7-12(18-11-22)8-16(3,9-15)10-17-14(23)20-13-5-6-19-21(13)4/h5-6,12H,7-10H2,1-4H3,(H2,17,20,23). The molecule has 1 aliphatic carbocycles. The Labute approximate surface area is 136 Å². The molecule has 2 atom stereocenters. The highest BCUT2D eigenvalue weighted by atomic mass is 16.2. The molecule has 23 heavy (non-hydrogen) atoms. The maximum Gasteiger partial charge on any atom is 0.320 e. The molecule has 7 heteroatoms. The second-order valence-electron chi connectivity index (χ2n) is 7.58. The Morgan fingerprint density at radius 2 is 2.22 bits per heavy atom. The van der Waals surface area contributed by atoms with Crippen molar-refractivity contribution in [2.75, 3.05) is 11.9 Å². The van der Waals surface area contributed by atoms with E-state index in [0.717, 1.165) is 19.3 Å². The summed E-state index contributed by atoms with van der Waals surface area (Å²) in [6.07, 6.45) is 5.93. The van der Waals surface area contributed by atoms with E-state index in [9.17, 15) is 9.59 Å². The number of isocyanates is 1. The molecule has 2 amide bonds. The van der Waals surface area contributed by atoms with Crippen molar-refractivity contribution in [3.8, 4) is 0 Å². The highest BCUT2D eigenvalue weighted by molar-refractivity contribution is 5.88. The number of rotatable bonds is 4. The average Bonchev–Trinajstić information content (AvgIpc) is 2.80. The molecule has 1 aromatic rings. The first kappa shape index (κ1) is 17.2. The first-order chi connectivity index (χ1) is 10.7. The molecule has 1 heterocycles. The van der Waals surface area contributed by atoms with Crippen LogP contribution in [0.25, 0.3) is 0 Å². The summed E-state index contributed by atoms with van der Waals surface area (Å²) in [5.74, 6) is 0.639. The molecule has 2 N–H and O–H groups in total. The van der Waals surface area contributed by atoms with Crippen LogP contribution in [-0.4, -0.2) is 34.5 Å². The number of aliphatic imine (C=N–C) groups is 1. The Kier molecular flexibility index (Phi) is 4.90. The number of aryl methyl sites for hydroxylation is 1. The summed E-state index contributed by atoms with van der Waals surface area (Å²) in [5, 5.41) is 9.70. The van der Waals surface area contributed by atoms with Crippen LogP contribution in [-0.2, 0) is 11.8 Å². The summed E-state index contributed by atoms with van der Waals surface area (Å²) in [5.41, 5.74) is -0.0191. The first-order valence-electron chi connectivity index (χ1n) is 7.83. The number of amides is 2. The van der Waals surface area contributed by atoms with Crippen LogP contribution in [0.15, 0.2) is 17.3 Å². The van der Waals surface area contributed by atoms with Crippen LogP contribution >= 0.6 is 0 Å². The van der Waals surface area contributed by atoms with E-state index >= 15 is 0 Å². The fraction of sp³-hybridized carbons (Fsp3) is 0.688. The molecule has 0 aromatic carbocycles. The predicted octanol–water partition coefficient (Wildman–Crippen LogP) is 2.46. The summed E-state index contributed by atoms with van der Waals surface area (Å²) in [6.45, 7) is 7.01. The van der Waals surface area contributed by atoms with Gasteiger partial charge in [-0.15, -0.1) is 0 Å². The van der Waals surface area contributed by atoms with Gasteiger partial charge in [-0.25, -0.2) is 14.6 Å². The zero-order valence-electron chi connectivity index (χ0n) is 14.2. The maximum atomic E-state index is 12.1. The third-order valence-corrected chi connectivity index (χ3v) is 4.40. The minimum absolute atomic E-state index is 0.0248.